The summed E-state index contributed by atoms with van der Waals surface area (Å²) >= 11 is 12.7. The van der Waals surface area contributed by atoms with Crippen molar-refractivity contribution >= 4 is 50.7 Å². The molecule has 0 radical (unpaired) electrons. The van der Waals surface area contributed by atoms with Crippen molar-refractivity contribution in [3.05, 3.63) is 129 Å². The highest BCUT2D eigenvalue weighted by Gasteiger charge is 2.35. The number of sulfonamides is 1. The first-order valence-electron chi connectivity index (χ1n) is 14.7. The van der Waals surface area contributed by atoms with Gasteiger partial charge >= 0.3 is 0 Å². The minimum absolute atomic E-state index is 0.0435. The van der Waals surface area contributed by atoms with E-state index in [1.807, 2.05) is 57.2 Å². The second kappa shape index (κ2) is 15.4. The van der Waals surface area contributed by atoms with Gasteiger partial charge in [0.15, 0.2) is 0 Å². The van der Waals surface area contributed by atoms with E-state index in [9.17, 15) is 18.0 Å². The number of hydrogen-bond acceptors (Lipinski definition) is 4. The van der Waals surface area contributed by atoms with Gasteiger partial charge in [0.2, 0.25) is 11.8 Å². The molecule has 1 N–H and O–H groups in total. The van der Waals surface area contributed by atoms with Gasteiger partial charge in [-0.3, -0.25) is 13.9 Å². The standard InChI is InChI=1S/C35H37Cl2N3O4S/c1-4-19-38-35(42)33(21-27-10-6-5-7-11-27)39(23-28-15-16-29(36)22-32(28)37)34(41)24-40(30-12-8-9-26(3)20-30)45(43,44)31-17-13-25(2)14-18-31/h5-18,20,22,33H,4,19,21,23-24H2,1-3H3,(H,38,42). The van der Waals surface area contributed by atoms with Crippen molar-refractivity contribution in [2.45, 2.75) is 51.1 Å². The third kappa shape index (κ3) is 8.87. The van der Waals surface area contributed by atoms with Crippen molar-refractivity contribution in [2.75, 3.05) is 17.4 Å². The Morgan fingerprint density at radius 1 is 0.844 bits per heavy atom. The first kappa shape index (κ1) is 34.0. The fourth-order valence-electron chi connectivity index (χ4n) is 4.90. The third-order valence-electron chi connectivity index (χ3n) is 7.35. The number of amides is 2. The summed E-state index contributed by atoms with van der Waals surface area (Å²) in [6, 6.07) is 26.8. The maximum Gasteiger partial charge on any atom is 0.264 e. The summed E-state index contributed by atoms with van der Waals surface area (Å²) < 4.78 is 29.4. The number of halogens is 2. The van der Waals surface area contributed by atoms with Crippen molar-refractivity contribution in [1.82, 2.24) is 10.2 Å². The molecule has 0 aliphatic rings. The Bertz CT molecular complexity index is 1730. The molecule has 7 nitrogen and oxygen atoms in total. The van der Waals surface area contributed by atoms with E-state index >= 15 is 0 Å². The monoisotopic (exact) mass is 665 g/mol. The van der Waals surface area contributed by atoms with Gasteiger partial charge in [-0.2, -0.15) is 0 Å². The summed E-state index contributed by atoms with van der Waals surface area (Å²) in [5.41, 5.74) is 3.48. The van der Waals surface area contributed by atoms with Crippen molar-refractivity contribution in [3.63, 3.8) is 0 Å². The molecule has 1 unspecified atom stereocenters. The van der Waals surface area contributed by atoms with Crippen LogP contribution >= 0.6 is 23.2 Å². The van der Waals surface area contributed by atoms with Crippen LogP contribution in [0.15, 0.2) is 102 Å². The number of carbonyl (C=O) groups excluding carboxylic acids is 2. The van der Waals surface area contributed by atoms with Crippen LogP contribution in [0, 0.1) is 13.8 Å². The Balaban J connectivity index is 1.82. The van der Waals surface area contributed by atoms with E-state index in [1.54, 1.807) is 48.5 Å². The number of rotatable bonds is 13. The van der Waals surface area contributed by atoms with Crippen LogP contribution in [0.25, 0.3) is 0 Å². The number of benzene rings is 4. The molecule has 0 aromatic heterocycles. The van der Waals surface area contributed by atoms with Gasteiger partial charge in [0, 0.05) is 29.6 Å². The lowest BCUT2D eigenvalue weighted by Crippen LogP contribution is -2.53. The molecule has 4 rings (SSSR count). The zero-order valence-corrected chi connectivity index (χ0v) is 27.9. The van der Waals surface area contributed by atoms with E-state index in [0.29, 0.717) is 34.3 Å². The van der Waals surface area contributed by atoms with Crippen LogP contribution in [0.1, 0.15) is 35.6 Å². The van der Waals surface area contributed by atoms with Crippen LogP contribution in [0.3, 0.4) is 0 Å². The van der Waals surface area contributed by atoms with Crippen LogP contribution < -0.4 is 9.62 Å². The predicted octanol–water partition coefficient (Wildman–Crippen LogP) is 6.97. The topological polar surface area (TPSA) is 86.8 Å². The number of nitrogens with one attached hydrogen (secondary N) is 1. The average molecular weight is 667 g/mol. The summed E-state index contributed by atoms with van der Waals surface area (Å²) in [6.45, 7) is 5.50. The molecule has 2 amide bonds. The molecule has 0 saturated heterocycles. The van der Waals surface area contributed by atoms with Gasteiger partial charge in [-0.15, -0.1) is 0 Å². The van der Waals surface area contributed by atoms with Crippen LogP contribution in [0.4, 0.5) is 5.69 Å². The number of nitrogens with zero attached hydrogens (tertiary/aromatic N) is 2. The fourth-order valence-corrected chi connectivity index (χ4v) is 6.78. The van der Waals surface area contributed by atoms with E-state index in [4.69, 9.17) is 23.2 Å². The lowest BCUT2D eigenvalue weighted by Gasteiger charge is -2.34. The average Bonchev–Trinajstić information content (AvgIpc) is 3.01. The van der Waals surface area contributed by atoms with Gasteiger partial charge in [-0.1, -0.05) is 96.4 Å². The summed E-state index contributed by atoms with van der Waals surface area (Å²) in [7, 11) is -4.18. The van der Waals surface area contributed by atoms with E-state index in [2.05, 4.69) is 5.32 Å². The van der Waals surface area contributed by atoms with E-state index in [0.717, 1.165) is 21.0 Å². The molecular formula is C35H37Cl2N3O4S. The second-order valence-corrected chi connectivity index (χ2v) is 13.6. The maximum atomic E-state index is 14.5. The Labute approximate surface area is 275 Å². The van der Waals surface area contributed by atoms with Crippen molar-refractivity contribution < 1.29 is 18.0 Å². The lowest BCUT2D eigenvalue weighted by molar-refractivity contribution is -0.140. The number of aryl methyl sites for hydroxylation is 2. The molecule has 0 spiro atoms. The Morgan fingerprint density at radius 3 is 2.20 bits per heavy atom. The smallest absolute Gasteiger partial charge is 0.264 e. The van der Waals surface area contributed by atoms with Gasteiger partial charge < -0.3 is 10.2 Å². The molecule has 4 aromatic rings. The molecule has 4 aromatic carbocycles. The molecule has 0 heterocycles. The van der Waals surface area contributed by atoms with Crippen LogP contribution in [-0.2, 0) is 32.6 Å². The highest BCUT2D eigenvalue weighted by molar-refractivity contribution is 7.92. The number of hydrogen-bond donors (Lipinski definition) is 1. The normalized spacial score (nSPS) is 11.9. The summed E-state index contributed by atoms with van der Waals surface area (Å²) in [6.07, 6.45) is 0.916. The SMILES string of the molecule is CCCNC(=O)C(Cc1ccccc1)N(Cc1ccc(Cl)cc1Cl)C(=O)CN(c1cccc(C)c1)S(=O)(=O)c1ccc(C)cc1. The third-order valence-corrected chi connectivity index (χ3v) is 9.73. The van der Waals surface area contributed by atoms with Crippen molar-refractivity contribution in [2.24, 2.45) is 0 Å². The van der Waals surface area contributed by atoms with Gasteiger partial charge in [-0.25, -0.2) is 8.42 Å². The van der Waals surface area contributed by atoms with Gasteiger partial charge in [0.05, 0.1) is 10.6 Å². The first-order valence-corrected chi connectivity index (χ1v) is 16.9. The molecule has 0 bridgehead atoms. The molecular weight excluding hydrogens is 629 g/mol. The lowest BCUT2D eigenvalue weighted by atomic mass is 10.0. The maximum absolute atomic E-state index is 14.5. The zero-order valence-electron chi connectivity index (χ0n) is 25.5. The molecule has 0 aliphatic heterocycles. The van der Waals surface area contributed by atoms with Crippen LogP contribution in [0.5, 0.6) is 0 Å². The molecule has 45 heavy (non-hydrogen) atoms. The molecule has 0 saturated carbocycles. The van der Waals surface area contributed by atoms with E-state index in [-0.39, 0.29) is 23.8 Å². The Kier molecular flexibility index (Phi) is 11.7. The van der Waals surface area contributed by atoms with Crippen molar-refractivity contribution in [3.8, 4) is 0 Å². The predicted molar refractivity (Wildman–Crippen MR) is 181 cm³/mol. The largest absolute Gasteiger partial charge is 0.354 e. The molecule has 1 atom stereocenters. The minimum Gasteiger partial charge on any atom is -0.354 e. The first-order chi connectivity index (χ1) is 21.5. The minimum atomic E-state index is -4.18. The fraction of sp³-hybridized carbons (Fsp3) is 0.257. The molecule has 10 heteroatoms. The summed E-state index contributed by atoms with van der Waals surface area (Å²) in [5, 5.41) is 3.69. The van der Waals surface area contributed by atoms with Gasteiger partial charge in [-0.05, 0) is 73.4 Å². The number of anilines is 1. The summed E-state index contributed by atoms with van der Waals surface area (Å²) in [4.78, 5) is 29.7. The quantitative estimate of drug-likeness (QED) is 0.167. The van der Waals surface area contributed by atoms with E-state index in [1.165, 1.54) is 17.0 Å². The van der Waals surface area contributed by atoms with Crippen molar-refractivity contribution in [1.29, 1.82) is 0 Å². The Morgan fingerprint density at radius 2 is 1.56 bits per heavy atom. The van der Waals surface area contributed by atoms with Gasteiger partial charge in [0.1, 0.15) is 12.6 Å². The highest BCUT2D eigenvalue weighted by Crippen LogP contribution is 2.28. The molecule has 0 fully saturated rings. The van der Waals surface area contributed by atoms with Gasteiger partial charge in [0.25, 0.3) is 10.0 Å². The highest BCUT2D eigenvalue weighted by atomic mass is 35.5. The van der Waals surface area contributed by atoms with E-state index < -0.39 is 28.5 Å². The molecule has 0 aliphatic carbocycles. The van der Waals surface area contributed by atoms with Crippen LogP contribution in [-0.4, -0.2) is 44.3 Å². The summed E-state index contributed by atoms with van der Waals surface area (Å²) in [5.74, 6) is -0.909. The Hall–Kier alpha value is -3.85. The second-order valence-electron chi connectivity index (χ2n) is 10.9. The van der Waals surface area contributed by atoms with Crippen LogP contribution in [0.2, 0.25) is 10.0 Å². The molecule has 236 valence electrons. The zero-order chi connectivity index (χ0) is 32.6. The number of carbonyl (C=O) groups is 2.